The molecule has 1 heterocycles. The van der Waals surface area contributed by atoms with Gasteiger partial charge in [-0.1, -0.05) is 39.0 Å². The average molecular weight is 345 g/mol. The highest BCUT2D eigenvalue weighted by Gasteiger charge is 2.61. The lowest BCUT2D eigenvalue weighted by Crippen LogP contribution is -2.51. The quantitative estimate of drug-likeness (QED) is 0.859. The van der Waals surface area contributed by atoms with Crippen LogP contribution in [0.3, 0.4) is 0 Å². The lowest BCUT2D eigenvalue weighted by Gasteiger charge is -2.42. The largest absolute Gasteiger partial charge is 0.311 e. The minimum atomic E-state index is -0.0696. The third kappa shape index (κ3) is 2.94. The van der Waals surface area contributed by atoms with Crippen LogP contribution in [0.5, 0.6) is 0 Å². The Bertz CT molecular complexity index is 620. The van der Waals surface area contributed by atoms with Gasteiger partial charge in [0.05, 0.1) is 0 Å². The average Bonchev–Trinajstić information content (AvgIpc) is 2.92. The van der Waals surface area contributed by atoms with E-state index in [-0.39, 0.29) is 5.82 Å². The van der Waals surface area contributed by atoms with E-state index in [1.807, 2.05) is 12.1 Å². The fourth-order valence-electron chi connectivity index (χ4n) is 5.87. The second-order valence-electron chi connectivity index (χ2n) is 9.47. The fourth-order valence-corrected chi connectivity index (χ4v) is 5.87. The zero-order chi connectivity index (χ0) is 17.7. The van der Waals surface area contributed by atoms with Crippen molar-refractivity contribution in [3.05, 3.63) is 35.6 Å². The summed E-state index contributed by atoms with van der Waals surface area (Å²) in [5.74, 6) is 0.830. The summed E-state index contributed by atoms with van der Waals surface area (Å²) < 4.78 is 13.9. The van der Waals surface area contributed by atoms with Crippen molar-refractivity contribution >= 4 is 0 Å². The second-order valence-corrected chi connectivity index (χ2v) is 9.47. The summed E-state index contributed by atoms with van der Waals surface area (Å²) in [5, 5.41) is 4.04. The lowest BCUT2D eigenvalue weighted by molar-refractivity contribution is 0.102. The predicted molar refractivity (Wildman–Crippen MR) is 101 cm³/mol. The molecular formula is C22H33FN2. The Kier molecular flexibility index (Phi) is 4.44. The first-order valence-electron chi connectivity index (χ1n) is 10.1. The summed E-state index contributed by atoms with van der Waals surface area (Å²) >= 11 is 0. The number of nitrogens with one attached hydrogen (secondary N) is 1. The van der Waals surface area contributed by atoms with Crippen molar-refractivity contribution in [1.82, 2.24) is 10.2 Å². The minimum Gasteiger partial charge on any atom is -0.311 e. The Morgan fingerprint density at radius 1 is 1.12 bits per heavy atom. The molecule has 2 saturated carbocycles. The minimum absolute atomic E-state index is 0.0696. The number of hydrogen-bond acceptors (Lipinski definition) is 2. The number of likely N-dealkylation sites (tertiary alicyclic amines) is 1. The van der Waals surface area contributed by atoms with Crippen LogP contribution in [0.2, 0.25) is 0 Å². The maximum absolute atomic E-state index is 13.9. The highest BCUT2D eigenvalue weighted by atomic mass is 19.1. The molecular weight excluding hydrogens is 311 g/mol. The van der Waals surface area contributed by atoms with Crippen molar-refractivity contribution in [2.45, 2.75) is 71.5 Å². The van der Waals surface area contributed by atoms with Crippen LogP contribution in [0.25, 0.3) is 0 Å². The van der Waals surface area contributed by atoms with Gasteiger partial charge in [0, 0.05) is 24.2 Å². The molecule has 2 aliphatic carbocycles. The zero-order valence-electron chi connectivity index (χ0n) is 16.0. The van der Waals surface area contributed by atoms with Gasteiger partial charge in [-0.2, -0.15) is 0 Å². The molecule has 3 atom stereocenters. The summed E-state index contributed by atoms with van der Waals surface area (Å²) in [5.41, 5.74) is 1.77. The van der Waals surface area contributed by atoms with E-state index in [0.29, 0.717) is 22.9 Å². The van der Waals surface area contributed by atoms with E-state index in [0.717, 1.165) is 31.1 Å². The Morgan fingerprint density at radius 2 is 1.84 bits per heavy atom. The van der Waals surface area contributed by atoms with Crippen LogP contribution in [0, 0.1) is 22.6 Å². The SMILES string of the molecule is CC1(C)[C@@H]2CC[C@@]1(C)[C@H](NC1CCN(Cc3ccccc3F)CC1)C2. The van der Waals surface area contributed by atoms with Gasteiger partial charge in [-0.15, -0.1) is 0 Å². The van der Waals surface area contributed by atoms with E-state index in [1.165, 1.54) is 32.1 Å². The Hall–Kier alpha value is -0.930. The van der Waals surface area contributed by atoms with Crippen molar-refractivity contribution in [2.75, 3.05) is 13.1 Å². The van der Waals surface area contributed by atoms with Crippen LogP contribution >= 0.6 is 0 Å². The van der Waals surface area contributed by atoms with Crippen LogP contribution in [0.4, 0.5) is 4.39 Å². The highest BCUT2D eigenvalue weighted by molar-refractivity contribution is 5.17. The monoisotopic (exact) mass is 344 g/mol. The third-order valence-electron chi connectivity index (χ3n) is 8.17. The van der Waals surface area contributed by atoms with Gasteiger partial charge in [0.1, 0.15) is 5.82 Å². The van der Waals surface area contributed by atoms with E-state index in [4.69, 9.17) is 0 Å². The predicted octanol–water partition coefficient (Wildman–Crippen LogP) is 4.59. The molecule has 4 rings (SSSR count). The highest BCUT2D eigenvalue weighted by Crippen LogP contribution is 2.65. The smallest absolute Gasteiger partial charge is 0.127 e. The molecule has 2 bridgehead atoms. The summed E-state index contributed by atoms with van der Waals surface area (Å²) in [7, 11) is 0. The van der Waals surface area contributed by atoms with Crippen molar-refractivity contribution < 1.29 is 4.39 Å². The van der Waals surface area contributed by atoms with Crippen LogP contribution in [-0.4, -0.2) is 30.1 Å². The first-order chi connectivity index (χ1) is 11.9. The number of fused-ring (bicyclic) bond motifs is 2. The van der Waals surface area contributed by atoms with Crippen molar-refractivity contribution in [3.63, 3.8) is 0 Å². The molecule has 0 amide bonds. The van der Waals surface area contributed by atoms with E-state index < -0.39 is 0 Å². The van der Waals surface area contributed by atoms with E-state index in [2.05, 4.69) is 31.0 Å². The zero-order valence-corrected chi connectivity index (χ0v) is 16.0. The standard InChI is InChI=1S/C22H33FN2/c1-21(2)17-8-11-22(21,3)20(14-17)24-18-9-12-25(13-10-18)15-16-6-4-5-7-19(16)23/h4-7,17-18,20,24H,8-15H2,1-3H3/t17-,20-,22+/m1/s1. The van der Waals surface area contributed by atoms with Crippen molar-refractivity contribution in [1.29, 1.82) is 0 Å². The Morgan fingerprint density at radius 3 is 2.44 bits per heavy atom. The molecule has 138 valence electrons. The number of hydrogen-bond donors (Lipinski definition) is 1. The van der Waals surface area contributed by atoms with Gasteiger partial charge in [0.15, 0.2) is 0 Å². The van der Waals surface area contributed by atoms with E-state index in [1.54, 1.807) is 12.1 Å². The molecule has 3 aliphatic rings. The number of rotatable bonds is 4. The Labute approximate surface area is 152 Å². The van der Waals surface area contributed by atoms with E-state index >= 15 is 0 Å². The molecule has 3 heteroatoms. The van der Waals surface area contributed by atoms with Gasteiger partial charge in [-0.3, -0.25) is 4.90 Å². The molecule has 1 aliphatic heterocycles. The third-order valence-corrected chi connectivity index (χ3v) is 8.17. The number of benzene rings is 1. The van der Waals surface area contributed by atoms with E-state index in [9.17, 15) is 4.39 Å². The summed E-state index contributed by atoms with van der Waals surface area (Å²) in [6.07, 6.45) is 6.54. The maximum Gasteiger partial charge on any atom is 0.127 e. The number of halogens is 1. The van der Waals surface area contributed by atoms with Crippen LogP contribution in [-0.2, 0) is 6.54 Å². The summed E-state index contributed by atoms with van der Waals surface area (Å²) in [6.45, 7) is 10.4. The first kappa shape index (κ1) is 17.5. The Balaban J connectivity index is 1.31. The molecule has 1 aromatic carbocycles. The topological polar surface area (TPSA) is 15.3 Å². The number of nitrogens with zero attached hydrogens (tertiary/aromatic N) is 1. The van der Waals surface area contributed by atoms with Crippen LogP contribution in [0.15, 0.2) is 24.3 Å². The van der Waals surface area contributed by atoms with Crippen molar-refractivity contribution in [2.24, 2.45) is 16.7 Å². The first-order valence-corrected chi connectivity index (χ1v) is 10.1. The van der Waals surface area contributed by atoms with Gasteiger partial charge in [0.25, 0.3) is 0 Å². The van der Waals surface area contributed by atoms with Gasteiger partial charge in [0.2, 0.25) is 0 Å². The van der Waals surface area contributed by atoms with Gasteiger partial charge < -0.3 is 5.32 Å². The molecule has 0 aromatic heterocycles. The fraction of sp³-hybridized carbons (Fsp3) is 0.727. The number of piperidine rings is 1. The molecule has 0 spiro atoms. The van der Waals surface area contributed by atoms with Crippen molar-refractivity contribution in [3.8, 4) is 0 Å². The lowest BCUT2D eigenvalue weighted by atomic mass is 9.69. The molecule has 1 N–H and O–H groups in total. The van der Waals surface area contributed by atoms with Crippen LogP contribution < -0.4 is 5.32 Å². The summed E-state index contributed by atoms with van der Waals surface area (Å²) in [6, 6.07) is 8.51. The normalized spacial score (nSPS) is 35.4. The molecule has 25 heavy (non-hydrogen) atoms. The summed E-state index contributed by atoms with van der Waals surface area (Å²) in [4.78, 5) is 2.41. The van der Waals surface area contributed by atoms with Gasteiger partial charge in [-0.05, 0) is 68.0 Å². The van der Waals surface area contributed by atoms with Gasteiger partial charge in [-0.25, -0.2) is 4.39 Å². The molecule has 0 unspecified atom stereocenters. The molecule has 1 aromatic rings. The molecule has 1 saturated heterocycles. The maximum atomic E-state index is 13.9. The second kappa shape index (κ2) is 6.35. The molecule has 2 nitrogen and oxygen atoms in total. The molecule has 0 radical (unpaired) electrons. The van der Waals surface area contributed by atoms with Crippen LogP contribution in [0.1, 0.15) is 58.4 Å². The molecule has 3 fully saturated rings. The van der Waals surface area contributed by atoms with Gasteiger partial charge >= 0.3 is 0 Å².